The molecule has 3 rings (SSSR count). The summed E-state index contributed by atoms with van der Waals surface area (Å²) >= 11 is 0. The van der Waals surface area contributed by atoms with Gasteiger partial charge in [0, 0.05) is 11.8 Å². The van der Waals surface area contributed by atoms with Gasteiger partial charge in [0.25, 0.3) is 0 Å². The van der Waals surface area contributed by atoms with Crippen molar-refractivity contribution in [2.45, 2.75) is 18.9 Å². The zero-order chi connectivity index (χ0) is 18.5. The van der Waals surface area contributed by atoms with Gasteiger partial charge in [-0.2, -0.15) is 0 Å². The minimum atomic E-state index is -0.987. The van der Waals surface area contributed by atoms with Crippen LogP contribution in [0, 0.1) is 17.6 Å². The number of amides is 1. The molecule has 1 heterocycles. The van der Waals surface area contributed by atoms with E-state index in [0.29, 0.717) is 13.1 Å². The molecule has 0 radical (unpaired) electrons. The molecule has 1 aliphatic rings. The highest BCUT2D eigenvalue weighted by molar-refractivity contribution is 5.92. The van der Waals surface area contributed by atoms with Gasteiger partial charge in [0.15, 0.2) is 11.6 Å². The Hall–Kier alpha value is -2.31. The van der Waals surface area contributed by atoms with Gasteiger partial charge in [-0.3, -0.25) is 9.69 Å². The van der Waals surface area contributed by atoms with E-state index in [0.717, 1.165) is 30.5 Å². The van der Waals surface area contributed by atoms with Crippen molar-refractivity contribution in [3.8, 4) is 0 Å². The van der Waals surface area contributed by atoms with Gasteiger partial charge in [-0.25, -0.2) is 8.78 Å². The van der Waals surface area contributed by atoms with Gasteiger partial charge in [0.1, 0.15) is 0 Å². The normalized spacial score (nSPS) is 17.0. The fourth-order valence-corrected chi connectivity index (χ4v) is 3.33. The lowest BCUT2D eigenvalue weighted by Gasteiger charge is -2.34. The van der Waals surface area contributed by atoms with Gasteiger partial charge < -0.3 is 10.4 Å². The molecule has 0 bridgehead atoms. The van der Waals surface area contributed by atoms with Crippen LogP contribution in [0.25, 0.3) is 0 Å². The third-order valence-electron chi connectivity index (χ3n) is 4.79. The average Bonchev–Trinajstić information content (AvgIpc) is 2.65. The number of carbonyl (C=O) groups excluding carboxylic acids is 1. The molecule has 1 amide bonds. The summed E-state index contributed by atoms with van der Waals surface area (Å²) in [4.78, 5) is 14.1. The lowest BCUT2D eigenvalue weighted by molar-refractivity contribution is -0.117. The number of hydrogen-bond donors (Lipinski definition) is 2. The summed E-state index contributed by atoms with van der Waals surface area (Å²) in [5.74, 6) is -2.03. The van der Waals surface area contributed by atoms with Crippen LogP contribution >= 0.6 is 0 Å². The maximum atomic E-state index is 13.2. The first-order valence-electron chi connectivity index (χ1n) is 8.73. The van der Waals surface area contributed by atoms with Crippen LogP contribution in [0.15, 0.2) is 48.5 Å². The lowest BCUT2D eigenvalue weighted by Crippen LogP contribution is -2.40. The number of nitrogens with zero attached hydrogens (tertiary/aromatic N) is 1. The molecule has 2 aromatic carbocycles. The molecule has 0 aromatic heterocycles. The van der Waals surface area contributed by atoms with E-state index in [9.17, 15) is 18.7 Å². The Labute approximate surface area is 151 Å². The number of aliphatic hydroxyl groups is 1. The number of piperidine rings is 1. The Morgan fingerprint density at radius 1 is 1.12 bits per heavy atom. The van der Waals surface area contributed by atoms with Crippen LogP contribution in [-0.2, 0) is 4.79 Å². The van der Waals surface area contributed by atoms with Gasteiger partial charge in [0.05, 0.1) is 12.6 Å². The van der Waals surface area contributed by atoms with Gasteiger partial charge in [0.2, 0.25) is 5.91 Å². The summed E-state index contributed by atoms with van der Waals surface area (Å²) in [5.41, 5.74) is 1.16. The highest BCUT2D eigenvalue weighted by Crippen LogP contribution is 2.30. The Balaban J connectivity index is 1.47. The van der Waals surface area contributed by atoms with E-state index in [4.69, 9.17) is 0 Å². The summed E-state index contributed by atoms with van der Waals surface area (Å²) in [6.07, 6.45) is 1.11. The van der Waals surface area contributed by atoms with Crippen molar-refractivity contribution in [3.05, 3.63) is 65.7 Å². The molecule has 6 heteroatoms. The number of carbonyl (C=O) groups is 1. The van der Waals surface area contributed by atoms with Crippen LogP contribution in [0.5, 0.6) is 0 Å². The number of rotatable bonds is 5. The van der Waals surface area contributed by atoms with Gasteiger partial charge in [-0.05, 0) is 49.5 Å². The molecule has 1 fully saturated rings. The predicted molar refractivity (Wildman–Crippen MR) is 95.6 cm³/mol. The fourth-order valence-electron chi connectivity index (χ4n) is 3.33. The summed E-state index contributed by atoms with van der Waals surface area (Å²) in [7, 11) is 0. The molecule has 138 valence electrons. The van der Waals surface area contributed by atoms with Crippen molar-refractivity contribution >= 4 is 11.6 Å². The maximum Gasteiger partial charge on any atom is 0.238 e. The topological polar surface area (TPSA) is 52.6 Å². The van der Waals surface area contributed by atoms with Crippen LogP contribution in [0.2, 0.25) is 0 Å². The summed E-state index contributed by atoms with van der Waals surface area (Å²) in [5, 5.41) is 13.1. The van der Waals surface area contributed by atoms with E-state index in [2.05, 4.69) is 5.32 Å². The molecule has 1 aliphatic heterocycles. The van der Waals surface area contributed by atoms with Crippen molar-refractivity contribution in [3.63, 3.8) is 0 Å². The highest BCUT2D eigenvalue weighted by atomic mass is 19.2. The monoisotopic (exact) mass is 360 g/mol. The van der Waals surface area contributed by atoms with E-state index in [1.54, 1.807) is 0 Å². The van der Waals surface area contributed by atoms with Crippen molar-refractivity contribution < 1.29 is 18.7 Å². The highest BCUT2D eigenvalue weighted by Gasteiger charge is 2.26. The van der Waals surface area contributed by atoms with Crippen LogP contribution in [0.1, 0.15) is 24.5 Å². The number of aliphatic hydroxyl groups excluding tert-OH is 1. The maximum absolute atomic E-state index is 13.2. The molecule has 26 heavy (non-hydrogen) atoms. The third-order valence-corrected chi connectivity index (χ3v) is 4.79. The standard InChI is InChI=1S/C20H22F2N2O2/c21-17-7-6-16(12-18(17)22)23-19(25)13-24-10-8-15(9-11-24)20(26)14-4-2-1-3-5-14/h1-7,12,15,20,26H,8-11,13H2,(H,23,25)/t20-/m1/s1. The molecule has 2 N–H and O–H groups in total. The molecule has 1 atom stereocenters. The molecule has 0 aliphatic carbocycles. The minimum Gasteiger partial charge on any atom is -0.388 e. The van der Waals surface area contributed by atoms with Crippen LogP contribution in [-0.4, -0.2) is 35.5 Å². The van der Waals surface area contributed by atoms with Crippen molar-refractivity contribution in [2.75, 3.05) is 25.0 Å². The predicted octanol–water partition coefficient (Wildman–Crippen LogP) is 3.35. The lowest BCUT2D eigenvalue weighted by atomic mass is 9.87. The van der Waals surface area contributed by atoms with Gasteiger partial charge >= 0.3 is 0 Å². The Kier molecular flexibility index (Phi) is 5.96. The largest absolute Gasteiger partial charge is 0.388 e. The molecule has 4 nitrogen and oxygen atoms in total. The number of hydrogen-bond acceptors (Lipinski definition) is 3. The zero-order valence-corrected chi connectivity index (χ0v) is 14.4. The number of halogens is 2. The first kappa shape index (κ1) is 18.5. The Bertz CT molecular complexity index is 747. The minimum absolute atomic E-state index is 0.169. The van der Waals surface area contributed by atoms with E-state index in [1.807, 2.05) is 35.2 Å². The molecule has 2 aromatic rings. The first-order chi connectivity index (χ1) is 12.5. The second-order valence-electron chi connectivity index (χ2n) is 6.65. The van der Waals surface area contributed by atoms with E-state index >= 15 is 0 Å². The van der Waals surface area contributed by atoms with Crippen molar-refractivity contribution in [2.24, 2.45) is 5.92 Å². The second kappa shape index (κ2) is 8.38. The average molecular weight is 360 g/mol. The smallest absolute Gasteiger partial charge is 0.238 e. The van der Waals surface area contributed by atoms with Gasteiger partial charge in [-0.1, -0.05) is 30.3 Å². The number of nitrogens with one attached hydrogen (secondary N) is 1. The SMILES string of the molecule is O=C(CN1CCC([C@H](O)c2ccccc2)CC1)Nc1ccc(F)c(F)c1. The van der Waals surface area contributed by atoms with Crippen LogP contribution < -0.4 is 5.32 Å². The quantitative estimate of drug-likeness (QED) is 0.860. The Morgan fingerprint density at radius 2 is 1.81 bits per heavy atom. The summed E-state index contributed by atoms with van der Waals surface area (Å²) in [6, 6.07) is 12.9. The van der Waals surface area contributed by atoms with Crippen molar-refractivity contribution in [1.82, 2.24) is 4.90 Å². The molecule has 0 saturated carbocycles. The number of likely N-dealkylation sites (tertiary alicyclic amines) is 1. The summed E-state index contributed by atoms with van der Waals surface area (Å²) < 4.78 is 26.1. The van der Waals surface area contributed by atoms with E-state index in [1.165, 1.54) is 6.07 Å². The Morgan fingerprint density at radius 3 is 2.46 bits per heavy atom. The van der Waals surface area contributed by atoms with Crippen LogP contribution in [0.4, 0.5) is 14.5 Å². The second-order valence-corrected chi connectivity index (χ2v) is 6.65. The molecule has 0 unspecified atom stereocenters. The molecule has 1 saturated heterocycles. The molecular weight excluding hydrogens is 338 g/mol. The van der Waals surface area contributed by atoms with Gasteiger partial charge in [-0.15, -0.1) is 0 Å². The van der Waals surface area contributed by atoms with Crippen molar-refractivity contribution in [1.29, 1.82) is 0 Å². The number of benzene rings is 2. The molecular formula is C20H22F2N2O2. The fraction of sp³-hybridized carbons (Fsp3) is 0.350. The number of anilines is 1. The third kappa shape index (κ3) is 4.65. The van der Waals surface area contributed by atoms with E-state index < -0.39 is 17.7 Å². The zero-order valence-electron chi connectivity index (χ0n) is 14.4. The first-order valence-corrected chi connectivity index (χ1v) is 8.73. The summed E-state index contributed by atoms with van der Waals surface area (Å²) in [6.45, 7) is 1.60. The molecule has 0 spiro atoms. The van der Waals surface area contributed by atoms with Crippen LogP contribution in [0.3, 0.4) is 0 Å². The van der Waals surface area contributed by atoms with E-state index in [-0.39, 0.29) is 24.1 Å².